The largest absolute Gasteiger partial charge is 0.320 e. The summed E-state index contributed by atoms with van der Waals surface area (Å²) in [6.07, 6.45) is 0. The number of sulfonamides is 1. The third kappa shape index (κ3) is 3.89. The molecule has 0 saturated heterocycles. The van der Waals surface area contributed by atoms with E-state index in [2.05, 4.69) is 16.6 Å². The molecule has 0 bridgehead atoms. The number of nitrogens with two attached hydrogens (primary N) is 1. The second-order valence-corrected chi connectivity index (χ2v) is 7.64. The van der Waals surface area contributed by atoms with Crippen molar-refractivity contribution >= 4 is 32.7 Å². The fraction of sp³-hybridized carbons (Fsp3) is 0.167. The molecule has 2 aromatic rings. The van der Waals surface area contributed by atoms with Crippen molar-refractivity contribution in [2.45, 2.75) is 10.8 Å². The molecule has 19 heavy (non-hydrogen) atoms. The van der Waals surface area contributed by atoms with Gasteiger partial charge in [0.05, 0.1) is 11.4 Å². The molecule has 0 aromatic carbocycles. The van der Waals surface area contributed by atoms with Gasteiger partial charge in [-0.1, -0.05) is 17.9 Å². The second kappa shape index (κ2) is 6.32. The minimum absolute atomic E-state index is 0.273. The lowest BCUT2D eigenvalue weighted by molar-refractivity contribution is 0.584. The Balaban J connectivity index is 2.01. The summed E-state index contributed by atoms with van der Waals surface area (Å²) in [5.74, 6) is 5.68. The molecule has 0 aliphatic carbocycles. The molecule has 4 nitrogen and oxygen atoms in total. The molecule has 7 heteroatoms. The molecule has 3 N–H and O–H groups in total. The minimum atomic E-state index is -3.40. The van der Waals surface area contributed by atoms with Crippen LogP contribution in [0.2, 0.25) is 0 Å². The van der Waals surface area contributed by atoms with Crippen molar-refractivity contribution in [1.29, 1.82) is 0 Å². The van der Waals surface area contributed by atoms with Crippen molar-refractivity contribution < 1.29 is 8.42 Å². The van der Waals surface area contributed by atoms with Gasteiger partial charge in [0.2, 0.25) is 10.0 Å². The van der Waals surface area contributed by atoms with Crippen LogP contribution in [0, 0.1) is 11.8 Å². The van der Waals surface area contributed by atoms with Gasteiger partial charge in [-0.05, 0) is 23.6 Å². The van der Waals surface area contributed by atoms with Gasteiger partial charge in [0.25, 0.3) is 0 Å². The van der Waals surface area contributed by atoms with Crippen LogP contribution in [0.5, 0.6) is 0 Å². The zero-order valence-electron chi connectivity index (χ0n) is 9.92. The SMILES string of the molecule is NCC#Cc1ccc(CNS(=O)(=O)c2cccs2)s1. The lowest BCUT2D eigenvalue weighted by atomic mass is 10.4. The highest BCUT2D eigenvalue weighted by Crippen LogP contribution is 2.18. The molecule has 0 amide bonds. The molecular weight excluding hydrogens is 300 g/mol. The van der Waals surface area contributed by atoms with Crippen LogP contribution in [-0.2, 0) is 16.6 Å². The fourth-order valence-electron chi connectivity index (χ4n) is 1.33. The van der Waals surface area contributed by atoms with Crippen molar-refractivity contribution in [3.05, 3.63) is 39.4 Å². The zero-order valence-corrected chi connectivity index (χ0v) is 12.4. The third-order valence-electron chi connectivity index (χ3n) is 2.17. The predicted molar refractivity (Wildman–Crippen MR) is 78.6 cm³/mol. The molecule has 2 rings (SSSR count). The van der Waals surface area contributed by atoms with Crippen LogP contribution in [0.15, 0.2) is 33.9 Å². The van der Waals surface area contributed by atoms with E-state index in [0.717, 1.165) is 9.75 Å². The van der Waals surface area contributed by atoms with Crippen LogP contribution in [-0.4, -0.2) is 15.0 Å². The Kier molecular flexibility index (Phi) is 4.74. The molecule has 2 aromatic heterocycles. The molecule has 0 unspecified atom stereocenters. The fourth-order valence-corrected chi connectivity index (χ4v) is 4.29. The summed E-state index contributed by atoms with van der Waals surface area (Å²) in [7, 11) is -3.40. The molecule has 0 fully saturated rings. The monoisotopic (exact) mass is 312 g/mol. The molecule has 0 aliphatic heterocycles. The molecule has 0 aliphatic rings. The third-order valence-corrected chi connectivity index (χ3v) is 5.97. The van der Waals surface area contributed by atoms with E-state index in [1.54, 1.807) is 17.5 Å². The highest BCUT2D eigenvalue weighted by atomic mass is 32.2. The summed E-state index contributed by atoms with van der Waals surface area (Å²) in [4.78, 5) is 1.80. The van der Waals surface area contributed by atoms with E-state index < -0.39 is 10.0 Å². The van der Waals surface area contributed by atoms with Gasteiger partial charge in [-0.2, -0.15) is 0 Å². The summed E-state index contributed by atoms with van der Waals surface area (Å²) in [6.45, 7) is 0.591. The minimum Gasteiger partial charge on any atom is -0.320 e. The number of hydrogen-bond donors (Lipinski definition) is 2. The van der Waals surface area contributed by atoms with E-state index in [9.17, 15) is 8.42 Å². The van der Waals surface area contributed by atoms with Gasteiger partial charge < -0.3 is 5.73 Å². The second-order valence-electron chi connectivity index (χ2n) is 3.53. The lowest BCUT2D eigenvalue weighted by Crippen LogP contribution is -2.21. The summed E-state index contributed by atoms with van der Waals surface area (Å²) < 4.78 is 26.7. The van der Waals surface area contributed by atoms with Gasteiger partial charge in [0.15, 0.2) is 0 Å². The maximum atomic E-state index is 11.9. The smallest absolute Gasteiger partial charge is 0.250 e. The Morgan fingerprint density at radius 3 is 2.84 bits per heavy atom. The van der Waals surface area contributed by atoms with Crippen molar-refractivity contribution in [2.75, 3.05) is 6.54 Å². The van der Waals surface area contributed by atoms with Crippen LogP contribution in [0.25, 0.3) is 0 Å². The van der Waals surface area contributed by atoms with Gasteiger partial charge in [0.1, 0.15) is 4.21 Å². The van der Waals surface area contributed by atoms with Crippen LogP contribution in [0.4, 0.5) is 0 Å². The summed E-state index contributed by atoms with van der Waals surface area (Å²) in [6, 6.07) is 7.02. The van der Waals surface area contributed by atoms with Gasteiger partial charge in [-0.25, -0.2) is 13.1 Å². The predicted octanol–water partition coefficient (Wildman–Crippen LogP) is 1.60. The van der Waals surface area contributed by atoms with Crippen LogP contribution < -0.4 is 10.5 Å². The van der Waals surface area contributed by atoms with Crippen LogP contribution >= 0.6 is 22.7 Å². The van der Waals surface area contributed by atoms with E-state index >= 15 is 0 Å². The van der Waals surface area contributed by atoms with Crippen molar-refractivity contribution in [2.24, 2.45) is 5.73 Å². The average Bonchev–Trinajstić information content (AvgIpc) is 3.05. The first-order valence-corrected chi connectivity index (χ1v) is 8.60. The highest BCUT2D eigenvalue weighted by molar-refractivity contribution is 7.91. The average molecular weight is 312 g/mol. The first-order valence-electron chi connectivity index (χ1n) is 5.42. The van der Waals surface area contributed by atoms with Crippen LogP contribution in [0.3, 0.4) is 0 Å². The quantitative estimate of drug-likeness (QED) is 0.842. The van der Waals surface area contributed by atoms with E-state index in [-0.39, 0.29) is 6.54 Å². The normalized spacial score (nSPS) is 11.0. The van der Waals surface area contributed by atoms with Crippen molar-refractivity contribution in [1.82, 2.24) is 4.72 Å². The van der Waals surface area contributed by atoms with Crippen LogP contribution in [0.1, 0.15) is 9.75 Å². The molecule has 0 radical (unpaired) electrons. The first kappa shape index (κ1) is 14.2. The summed E-state index contributed by atoms with van der Waals surface area (Å²) in [5, 5.41) is 1.74. The lowest BCUT2D eigenvalue weighted by Gasteiger charge is -2.02. The zero-order chi connectivity index (χ0) is 13.7. The number of thiophene rings is 2. The molecular formula is C12H12N2O2S3. The van der Waals surface area contributed by atoms with Crippen molar-refractivity contribution in [3.63, 3.8) is 0 Å². The number of rotatable bonds is 4. The summed E-state index contributed by atoms with van der Waals surface area (Å²) >= 11 is 2.66. The van der Waals surface area contributed by atoms with Gasteiger partial charge in [-0.15, -0.1) is 22.7 Å². The topological polar surface area (TPSA) is 72.2 Å². The Morgan fingerprint density at radius 2 is 2.16 bits per heavy atom. The molecule has 0 spiro atoms. The van der Waals surface area contributed by atoms with Gasteiger partial charge in [-0.3, -0.25) is 0 Å². The van der Waals surface area contributed by atoms with E-state index in [0.29, 0.717) is 10.8 Å². The van der Waals surface area contributed by atoms with E-state index in [4.69, 9.17) is 5.73 Å². The van der Waals surface area contributed by atoms with Crippen molar-refractivity contribution in [3.8, 4) is 11.8 Å². The Hall–Kier alpha value is -1.17. The Morgan fingerprint density at radius 1 is 1.32 bits per heavy atom. The van der Waals surface area contributed by atoms with E-state index in [1.165, 1.54) is 22.7 Å². The molecule has 2 heterocycles. The maximum absolute atomic E-state index is 11.9. The summed E-state index contributed by atoms with van der Waals surface area (Å²) in [5.41, 5.74) is 5.29. The standard InChI is InChI=1S/C12H12N2O2S3/c13-7-1-3-10-5-6-11(18-10)9-14-19(15,16)12-4-2-8-17-12/h2,4-6,8,14H,7,9,13H2. The molecule has 0 atom stereocenters. The maximum Gasteiger partial charge on any atom is 0.250 e. The Bertz CT molecular complexity index is 691. The molecule has 100 valence electrons. The highest BCUT2D eigenvalue weighted by Gasteiger charge is 2.14. The van der Waals surface area contributed by atoms with Gasteiger partial charge >= 0.3 is 0 Å². The van der Waals surface area contributed by atoms with Gasteiger partial charge in [0, 0.05) is 11.4 Å². The Labute approximate surface area is 120 Å². The molecule has 0 saturated carbocycles. The number of hydrogen-bond acceptors (Lipinski definition) is 5. The number of nitrogens with one attached hydrogen (secondary N) is 1. The van der Waals surface area contributed by atoms with E-state index in [1.807, 2.05) is 12.1 Å². The first-order chi connectivity index (χ1) is 9.12.